The van der Waals surface area contributed by atoms with Gasteiger partial charge in [-0.05, 0) is 41.5 Å². The molecular weight excluding hydrogens is 520 g/mol. The Hall–Kier alpha value is -2.76. The van der Waals surface area contributed by atoms with Crippen LogP contribution < -0.4 is 0 Å². The molecule has 4 fully saturated rings. The number of rotatable bonds is 4. The lowest BCUT2D eigenvalue weighted by Crippen LogP contribution is -2.73. The molecule has 8 rings (SSSR count). The second-order valence-corrected chi connectivity index (χ2v) is 12.7. The van der Waals surface area contributed by atoms with Gasteiger partial charge in [-0.15, -0.1) is 0 Å². The van der Waals surface area contributed by atoms with Crippen LogP contribution in [0.1, 0.15) is 41.5 Å². The van der Waals surface area contributed by atoms with E-state index in [-0.39, 0.29) is 16.7 Å². The Morgan fingerprint density at radius 1 is 0.825 bits per heavy atom. The van der Waals surface area contributed by atoms with Gasteiger partial charge < -0.3 is 29.2 Å². The zero-order valence-corrected chi connectivity index (χ0v) is 23.1. The largest absolute Gasteiger partial charge is 0.498 e. The van der Waals surface area contributed by atoms with E-state index in [1.165, 1.54) is 18.4 Å². The Morgan fingerprint density at radius 2 is 1.40 bits per heavy atom. The molecule has 0 aromatic heterocycles. The first-order chi connectivity index (χ1) is 18.8. The third-order valence-electron chi connectivity index (χ3n) is 9.92. The Kier molecular flexibility index (Phi) is 5.06. The number of ether oxygens (including phenoxy) is 4. The van der Waals surface area contributed by atoms with Crippen LogP contribution in [-0.4, -0.2) is 87.3 Å². The summed E-state index contributed by atoms with van der Waals surface area (Å²) < 4.78 is 23.8. The van der Waals surface area contributed by atoms with E-state index in [0.717, 1.165) is 11.1 Å². The second kappa shape index (κ2) is 7.74. The lowest BCUT2D eigenvalue weighted by atomic mass is 9.44. The highest BCUT2D eigenvalue weighted by Crippen LogP contribution is 2.69. The van der Waals surface area contributed by atoms with Crippen LogP contribution in [-0.2, 0) is 38.1 Å². The minimum Gasteiger partial charge on any atom is -0.498 e. The van der Waals surface area contributed by atoms with Crippen LogP contribution >= 0.6 is 0 Å². The lowest BCUT2D eigenvalue weighted by molar-refractivity contribution is -0.205. The number of epoxide rings is 2. The molecule has 5 aliphatic heterocycles. The maximum Gasteiger partial charge on any atom is 0.201 e. The van der Waals surface area contributed by atoms with Crippen molar-refractivity contribution >= 4 is 23.1 Å². The molecule has 10 nitrogen and oxygen atoms in total. The molecule has 3 aliphatic carbocycles. The van der Waals surface area contributed by atoms with Gasteiger partial charge in [-0.1, -0.05) is 23.3 Å². The highest BCUT2D eigenvalue weighted by molar-refractivity contribution is 6.26. The van der Waals surface area contributed by atoms with Crippen LogP contribution in [0.25, 0.3) is 0 Å². The molecule has 12 atom stereocenters. The number of hydrogen-bond acceptors (Lipinski definition) is 10. The van der Waals surface area contributed by atoms with Crippen molar-refractivity contribution in [3.8, 4) is 0 Å². The van der Waals surface area contributed by atoms with Crippen molar-refractivity contribution in [1.82, 2.24) is 0 Å². The first-order valence-electron chi connectivity index (χ1n) is 13.7. The summed E-state index contributed by atoms with van der Waals surface area (Å²) in [6.45, 7) is 10.6. The van der Waals surface area contributed by atoms with E-state index in [2.05, 4.69) is 0 Å². The minimum absolute atomic E-state index is 0.0153. The molecule has 12 unspecified atom stereocenters. The Balaban J connectivity index is 1.42. The third-order valence-corrected chi connectivity index (χ3v) is 9.92. The maximum absolute atomic E-state index is 14.6. The maximum atomic E-state index is 14.6. The van der Waals surface area contributed by atoms with Gasteiger partial charge in [-0.25, -0.2) is 0 Å². The zero-order valence-electron chi connectivity index (χ0n) is 23.1. The van der Waals surface area contributed by atoms with Gasteiger partial charge in [0.1, 0.15) is 23.7 Å². The van der Waals surface area contributed by atoms with Crippen LogP contribution in [0.3, 0.4) is 0 Å². The number of carbonyl (C=O) groups is 4. The van der Waals surface area contributed by atoms with E-state index >= 15 is 0 Å². The summed E-state index contributed by atoms with van der Waals surface area (Å²) in [6.07, 6.45) is -3.41. The second-order valence-electron chi connectivity index (χ2n) is 12.7. The molecule has 0 amide bonds. The van der Waals surface area contributed by atoms with E-state index in [9.17, 15) is 29.4 Å². The number of ketones is 4. The van der Waals surface area contributed by atoms with Crippen molar-refractivity contribution in [2.75, 3.05) is 0 Å². The molecule has 1 saturated carbocycles. The minimum atomic E-state index is -1.80. The van der Waals surface area contributed by atoms with Crippen molar-refractivity contribution in [3.63, 3.8) is 0 Å². The fraction of sp³-hybridized carbons (Fsp3) is 0.600. The number of aliphatic hydroxyl groups excluding tert-OH is 2. The molecule has 0 radical (unpaired) electrons. The van der Waals surface area contributed by atoms with E-state index in [4.69, 9.17) is 18.9 Å². The topological polar surface area (TPSA) is 152 Å². The molecule has 40 heavy (non-hydrogen) atoms. The zero-order chi connectivity index (χ0) is 28.8. The number of allylic oxidation sites excluding steroid dienone is 2. The molecule has 212 valence electrons. The van der Waals surface area contributed by atoms with Crippen molar-refractivity contribution < 1.29 is 48.3 Å². The van der Waals surface area contributed by atoms with Gasteiger partial charge >= 0.3 is 0 Å². The first kappa shape index (κ1) is 26.2. The van der Waals surface area contributed by atoms with Crippen molar-refractivity contribution in [2.45, 2.75) is 95.5 Å². The summed E-state index contributed by atoms with van der Waals surface area (Å²) in [7, 11) is 0. The standard InChI is InChI=1S/C30H32O10/c1-10(2)7-15(31)29-22(34)14-9-37-13(6)20-17-12(5)38-25(28(14,20)24(36)27(29)40-29)19-18(17)21(33)26-30(39-26,23(19)35)16(32)8-11(3)4/h7-9,12-13,15-17,20,25-27,31-32H,1-6H3. The molecule has 8 aliphatic rings. The van der Waals surface area contributed by atoms with Crippen molar-refractivity contribution in [1.29, 1.82) is 0 Å². The van der Waals surface area contributed by atoms with Gasteiger partial charge in [0.25, 0.3) is 0 Å². The molecule has 5 heterocycles. The monoisotopic (exact) mass is 552 g/mol. The highest BCUT2D eigenvalue weighted by atomic mass is 16.6. The summed E-state index contributed by atoms with van der Waals surface area (Å²) in [5.41, 5.74) is -3.57. The van der Waals surface area contributed by atoms with Crippen molar-refractivity contribution in [3.05, 3.63) is 46.3 Å². The SMILES string of the molecule is CC(C)=CC(O)C12OC1C(=O)C1=C(C2=O)C2OC(C)C1C1C(C)OC=C3C(=O)C4(C(O)C=C(C)C)OC4C(=O)C321. The number of aliphatic hydroxyl groups is 2. The van der Waals surface area contributed by atoms with Crippen LogP contribution in [0.4, 0.5) is 0 Å². The molecule has 1 spiro atoms. The molecule has 10 heteroatoms. The van der Waals surface area contributed by atoms with Gasteiger partial charge in [0.05, 0.1) is 24.0 Å². The molecule has 2 bridgehead atoms. The average molecular weight is 553 g/mol. The summed E-state index contributed by atoms with van der Waals surface area (Å²) in [5.74, 6) is -3.55. The summed E-state index contributed by atoms with van der Waals surface area (Å²) in [6, 6.07) is 0. The highest BCUT2D eigenvalue weighted by Gasteiger charge is 2.86. The quantitative estimate of drug-likeness (QED) is 0.379. The summed E-state index contributed by atoms with van der Waals surface area (Å²) in [5, 5.41) is 22.0. The van der Waals surface area contributed by atoms with E-state index in [1.54, 1.807) is 41.5 Å². The molecule has 2 N–H and O–H groups in total. The average Bonchev–Trinajstić information content (AvgIpc) is 3.78. The fourth-order valence-corrected chi connectivity index (χ4v) is 8.27. The predicted octanol–water partition coefficient (Wildman–Crippen LogP) is 0.838. The normalized spacial score (nSPS) is 47.0. The lowest BCUT2D eigenvalue weighted by Gasteiger charge is -2.62. The Bertz CT molecular complexity index is 1440. The predicted molar refractivity (Wildman–Crippen MR) is 136 cm³/mol. The number of carbonyl (C=O) groups excluding carboxylic acids is 4. The molecule has 0 aromatic rings. The molecule has 3 saturated heterocycles. The van der Waals surface area contributed by atoms with Gasteiger partial charge in [-0.3, -0.25) is 19.2 Å². The van der Waals surface area contributed by atoms with Crippen LogP contribution in [0, 0.1) is 17.3 Å². The van der Waals surface area contributed by atoms with E-state index in [1.807, 2.05) is 0 Å². The van der Waals surface area contributed by atoms with Gasteiger partial charge in [-0.2, -0.15) is 0 Å². The number of fused-ring (bicyclic) bond motifs is 3. The summed E-state index contributed by atoms with van der Waals surface area (Å²) in [4.78, 5) is 56.9. The number of hydrogen-bond donors (Lipinski definition) is 2. The Morgan fingerprint density at radius 3 is 2.00 bits per heavy atom. The van der Waals surface area contributed by atoms with E-state index in [0.29, 0.717) is 0 Å². The number of Topliss-reactive ketones (excluding diaryl/α,β-unsaturated/α-hetero) is 4. The van der Waals surface area contributed by atoms with Gasteiger partial charge in [0, 0.05) is 23.0 Å². The smallest absolute Gasteiger partial charge is 0.201 e. The first-order valence-corrected chi connectivity index (χ1v) is 13.7. The van der Waals surface area contributed by atoms with Crippen molar-refractivity contribution in [2.24, 2.45) is 17.3 Å². The fourth-order valence-electron chi connectivity index (χ4n) is 8.27. The van der Waals surface area contributed by atoms with Crippen LogP contribution in [0.15, 0.2) is 46.3 Å². The van der Waals surface area contributed by atoms with Crippen LogP contribution in [0.5, 0.6) is 0 Å². The third kappa shape index (κ3) is 2.68. The molecular formula is C30H32O10. The molecule has 0 aromatic carbocycles. The Labute approximate surface area is 230 Å². The summed E-state index contributed by atoms with van der Waals surface area (Å²) >= 11 is 0. The van der Waals surface area contributed by atoms with Gasteiger partial charge in [0.15, 0.2) is 40.8 Å². The van der Waals surface area contributed by atoms with E-state index < -0.39 is 94.3 Å². The van der Waals surface area contributed by atoms with Crippen LogP contribution in [0.2, 0.25) is 0 Å². The van der Waals surface area contributed by atoms with Gasteiger partial charge in [0.2, 0.25) is 5.78 Å².